The Morgan fingerprint density at radius 3 is 2.39 bits per heavy atom. The first-order valence-electron chi connectivity index (χ1n) is 15.7. The van der Waals surface area contributed by atoms with Gasteiger partial charge in [0.25, 0.3) is 5.56 Å². The summed E-state index contributed by atoms with van der Waals surface area (Å²) in [6.07, 6.45) is 2.67. The van der Waals surface area contributed by atoms with Gasteiger partial charge >= 0.3 is 18.3 Å². The molecule has 0 aliphatic carbocycles. The van der Waals surface area contributed by atoms with Gasteiger partial charge in [0.2, 0.25) is 0 Å². The highest BCUT2D eigenvalue weighted by molar-refractivity contribution is 5.90. The van der Waals surface area contributed by atoms with Crippen LogP contribution in [0.15, 0.2) is 78.0 Å². The number of alkyl halides is 3. The van der Waals surface area contributed by atoms with Crippen molar-refractivity contribution < 1.29 is 27.9 Å². The summed E-state index contributed by atoms with van der Waals surface area (Å²) in [7, 11) is 0. The van der Waals surface area contributed by atoms with E-state index in [0.29, 0.717) is 47.7 Å². The topological polar surface area (TPSA) is 147 Å². The van der Waals surface area contributed by atoms with Gasteiger partial charge in [0.15, 0.2) is 0 Å². The molecule has 2 aromatic carbocycles. The summed E-state index contributed by atoms with van der Waals surface area (Å²) in [5, 5.41) is 23.1. The van der Waals surface area contributed by atoms with E-state index in [1.807, 2.05) is 10.7 Å². The third-order valence-electron chi connectivity index (χ3n) is 8.28. The summed E-state index contributed by atoms with van der Waals surface area (Å²) in [4.78, 5) is 42.5. The third-order valence-corrected chi connectivity index (χ3v) is 8.28. The van der Waals surface area contributed by atoms with Crippen LogP contribution in [0.25, 0.3) is 33.3 Å². The van der Waals surface area contributed by atoms with E-state index in [0.717, 1.165) is 47.7 Å². The van der Waals surface area contributed by atoms with E-state index in [-0.39, 0.29) is 17.3 Å². The maximum Gasteiger partial charge on any atom is 0.408 e. The zero-order valence-corrected chi connectivity index (χ0v) is 26.3. The lowest BCUT2D eigenvalue weighted by molar-refractivity contribution is -0.143. The number of urea groups is 1. The van der Waals surface area contributed by atoms with Crippen molar-refractivity contribution in [2.24, 2.45) is 0 Å². The third kappa shape index (κ3) is 8.05. The molecule has 1 aliphatic rings. The number of fused-ring (bicyclic) bond motifs is 2. The molecular weight excluding hydrogens is 641 g/mol. The Morgan fingerprint density at radius 2 is 1.63 bits per heavy atom. The van der Waals surface area contributed by atoms with Crippen LogP contribution < -0.4 is 16.2 Å². The number of nitrogens with zero attached hydrogens (tertiary/aromatic N) is 6. The van der Waals surface area contributed by atoms with Gasteiger partial charge in [0.05, 0.1) is 23.0 Å². The number of benzene rings is 2. The summed E-state index contributed by atoms with van der Waals surface area (Å²) in [5.41, 5.74) is 3.53. The second kappa shape index (κ2) is 14.2. The van der Waals surface area contributed by atoms with E-state index >= 15 is 0 Å². The number of hydrogen-bond acceptors (Lipinski definition) is 6. The number of carbonyl (C=O) groups is 2. The van der Waals surface area contributed by atoms with Gasteiger partial charge in [-0.1, -0.05) is 31.0 Å². The van der Waals surface area contributed by atoms with Crippen molar-refractivity contribution in [1.29, 1.82) is 0 Å². The summed E-state index contributed by atoms with van der Waals surface area (Å²) >= 11 is 0. The molecule has 15 heteroatoms. The number of carboxylic acid groups (broad SMARTS) is 1. The number of hydrogen-bond donors (Lipinski definition) is 3. The van der Waals surface area contributed by atoms with Crippen LogP contribution in [0.1, 0.15) is 36.8 Å². The molecule has 12 nitrogen and oxygen atoms in total. The SMILES string of the molecule is O=C(O)NCCCCCCn1ncc2cc(-c3cc(-c4ccc(NC(=O)N5Cc6ccncc6C5)cc4)nn(CC(F)(F)F)c3=O)ccc21. The Balaban J connectivity index is 1.19. The van der Waals surface area contributed by atoms with Gasteiger partial charge in [0, 0.05) is 55.2 Å². The molecule has 3 N–H and O–H groups in total. The molecular formula is C34H33F3N8O4. The molecule has 0 atom stereocenters. The number of halogens is 3. The van der Waals surface area contributed by atoms with E-state index in [1.54, 1.807) is 66.0 Å². The Bertz CT molecular complexity index is 2020. The molecule has 1 aliphatic heterocycles. The maximum atomic E-state index is 13.5. The molecule has 0 saturated heterocycles. The van der Waals surface area contributed by atoms with Gasteiger partial charge in [-0.25, -0.2) is 14.3 Å². The molecule has 3 amide bonds. The summed E-state index contributed by atoms with van der Waals surface area (Å²) in [6, 6.07) is 14.8. The van der Waals surface area contributed by atoms with E-state index < -0.39 is 24.4 Å². The molecule has 0 spiro atoms. The van der Waals surface area contributed by atoms with Crippen LogP contribution in [0.2, 0.25) is 0 Å². The van der Waals surface area contributed by atoms with Gasteiger partial charge in [0.1, 0.15) is 6.54 Å². The van der Waals surface area contributed by atoms with Crippen molar-refractivity contribution in [3.63, 3.8) is 0 Å². The van der Waals surface area contributed by atoms with Gasteiger partial charge in [-0.05, 0) is 65.9 Å². The number of pyridine rings is 1. The maximum absolute atomic E-state index is 13.5. The van der Waals surface area contributed by atoms with Crippen LogP contribution in [-0.4, -0.2) is 59.4 Å². The Kier molecular flexibility index (Phi) is 9.60. The molecule has 49 heavy (non-hydrogen) atoms. The number of unbranched alkanes of at least 4 members (excludes halogenated alkanes) is 3. The van der Waals surface area contributed by atoms with Crippen LogP contribution in [0.4, 0.5) is 28.4 Å². The van der Waals surface area contributed by atoms with Crippen molar-refractivity contribution in [3.8, 4) is 22.4 Å². The minimum atomic E-state index is -4.68. The number of amides is 3. The van der Waals surface area contributed by atoms with Crippen molar-refractivity contribution in [2.75, 3.05) is 11.9 Å². The van der Waals surface area contributed by atoms with Crippen molar-refractivity contribution in [3.05, 3.63) is 94.7 Å². The summed E-state index contributed by atoms with van der Waals surface area (Å²) in [5.74, 6) is 0. The smallest absolute Gasteiger partial charge is 0.408 e. The molecule has 0 radical (unpaired) electrons. The zero-order chi connectivity index (χ0) is 34.5. The van der Waals surface area contributed by atoms with Crippen LogP contribution in [0, 0.1) is 0 Å². The molecule has 0 saturated carbocycles. The minimum absolute atomic E-state index is 0.0549. The van der Waals surface area contributed by atoms with Crippen LogP contribution in [0.5, 0.6) is 0 Å². The molecule has 0 bridgehead atoms. The number of anilines is 1. The van der Waals surface area contributed by atoms with E-state index in [4.69, 9.17) is 5.11 Å². The second-order valence-electron chi connectivity index (χ2n) is 11.8. The van der Waals surface area contributed by atoms with Crippen LogP contribution in [0.3, 0.4) is 0 Å². The van der Waals surface area contributed by atoms with Crippen molar-refractivity contribution in [1.82, 2.24) is 34.8 Å². The fraction of sp³-hybridized carbons (Fsp3) is 0.294. The number of rotatable bonds is 11. The van der Waals surface area contributed by atoms with Gasteiger partial charge < -0.3 is 20.6 Å². The van der Waals surface area contributed by atoms with Crippen LogP contribution >= 0.6 is 0 Å². The van der Waals surface area contributed by atoms with E-state index in [2.05, 4.69) is 25.8 Å². The van der Waals surface area contributed by atoms with Crippen LogP contribution in [-0.2, 0) is 26.2 Å². The monoisotopic (exact) mass is 674 g/mol. The molecule has 0 fully saturated rings. The van der Waals surface area contributed by atoms with Crippen molar-refractivity contribution in [2.45, 2.75) is 58.0 Å². The number of carbonyl (C=O) groups excluding carboxylic acids is 1. The fourth-order valence-electron chi connectivity index (χ4n) is 5.83. The van der Waals surface area contributed by atoms with Gasteiger partial charge in [-0.2, -0.15) is 23.4 Å². The predicted octanol–water partition coefficient (Wildman–Crippen LogP) is 6.26. The van der Waals surface area contributed by atoms with Gasteiger partial charge in [-0.3, -0.25) is 14.5 Å². The molecule has 254 valence electrons. The first kappa shape index (κ1) is 33.2. The summed E-state index contributed by atoms with van der Waals surface area (Å²) < 4.78 is 42.8. The largest absolute Gasteiger partial charge is 0.465 e. The lowest BCUT2D eigenvalue weighted by Crippen LogP contribution is -2.31. The first-order chi connectivity index (χ1) is 23.5. The lowest BCUT2D eigenvalue weighted by Gasteiger charge is -2.17. The normalized spacial score (nSPS) is 12.7. The predicted molar refractivity (Wildman–Crippen MR) is 176 cm³/mol. The number of aryl methyl sites for hydroxylation is 1. The Morgan fingerprint density at radius 1 is 0.878 bits per heavy atom. The lowest BCUT2D eigenvalue weighted by atomic mass is 10.0. The Labute approximate surface area is 278 Å². The Hall–Kier alpha value is -5.73. The standard InChI is InChI=1S/C34H33F3N8O4/c35-34(36,37)21-45-31(46)28(23-7-10-30-25(15-23)18-40-44(30)14-4-2-1-3-12-39-33(48)49)16-29(42-45)22-5-8-27(9-6-22)41-32(47)43-19-24-11-13-38-17-26(24)20-43/h5-11,13,15-18,39H,1-4,12,14,19-21H2,(H,41,47)(H,48,49). The highest BCUT2D eigenvalue weighted by Crippen LogP contribution is 2.28. The molecule has 5 aromatic rings. The minimum Gasteiger partial charge on any atom is -0.465 e. The van der Waals surface area contributed by atoms with Crippen molar-refractivity contribution >= 4 is 28.7 Å². The number of aromatic nitrogens is 5. The van der Waals surface area contributed by atoms with Gasteiger partial charge in [-0.15, -0.1) is 0 Å². The second-order valence-corrected chi connectivity index (χ2v) is 11.8. The quantitative estimate of drug-likeness (QED) is 0.140. The van der Waals surface area contributed by atoms with E-state index in [9.17, 15) is 27.6 Å². The highest BCUT2D eigenvalue weighted by Gasteiger charge is 2.30. The molecule has 0 unspecified atom stereocenters. The summed E-state index contributed by atoms with van der Waals surface area (Å²) in [6.45, 7) is 0.370. The molecule has 6 rings (SSSR count). The molecule has 3 aromatic heterocycles. The zero-order valence-electron chi connectivity index (χ0n) is 26.3. The molecule has 4 heterocycles. The average Bonchev–Trinajstić information content (AvgIpc) is 3.69. The number of nitrogens with one attached hydrogen (secondary N) is 2. The van der Waals surface area contributed by atoms with E-state index in [1.165, 1.54) is 6.07 Å². The first-order valence-corrected chi connectivity index (χ1v) is 15.7. The fourth-order valence-corrected chi connectivity index (χ4v) is 5.83. The average molecular weight is 675 g/mol. The highest BCUT2D eigenvalue weighted by atomic mass is 19.4.